The van der Waals surface area contributed by atoms with Crippen molar-refractivity contribution in [2.75, 3.05) is 23.4 Å². The van der Waals surface area contributed by atoms with Gasteiger partial charge in [0.2, 0.25) is 0 Å². The minimum Gasteiger partial charge on any atom is -0.378 e. The monoisotopic (exact) mass is 334 g/mol. The summed E-state index contributed by atoms with van der Waals surface area (Å²) in [5.74, 6) is 2.35. The van der Waals surface area contributed by atoms with Gasteiger partial charge in [-0.05, 0) is 58.5 Å². The Morgan fingerprint density at radius 3 is 2.71 bits per heavy atom. The minimum atomic E-state index is 0.0441. The minimum absolute atomic E-state index is 0.0441. The van der Waals surface area contributed by atoms with Gasteiger partial charge >= 0.3 is 0 Å². The fraction of sp³-hybridized carbons (Fsp3) is 0.500. The molecule has 0 radical (unpaired) electrons. The summed E-state index contributed by atoms with van der Waals surface area (Å²) in [7, 11) is 0. The van der Waals surface area contributed by atoms with E-state index in [0.29, 0.717) is 6.54 Å². The van der Waals surface area contributed by atoms with Crippen LogP contribution in [-0.2, 0) is 0 Å². The lowest BCUT2D eigenvalue weighted by Crippen LogP contribution is -2.48. The molecule has 1 aliphatic rings. The van der Waals surface area contributed by atoms with Crippen molar-refractivity contribution in [3.05, 3.63) is 27.7 Å². The fourth-order valence-electron chi connectivity index (χ4n) is 2.02. The lowest BCUT2D eigenvalue weighted by atomic mass is 9.92. The molecule has 0 amide bonds. The molecule has 5 heteroatoms. The summed E-state index contributed by atoms with van der Waals surface area (Å²) >= 11 is 11.5. The van der Waals surface area contributed by atoms with Crippen LogP contribution in [0.15, 0.2) is 22.7 Å². The summed E-state index contributed by atoms with van der Waals surface area (Å²) in [6.45, 7) is 0.668. The van der Waals surface area contributed by atoms with Gasteiger partial charge in [0.25, 0.3) is 0 Å². The second-order valence-electron chi connectivity index (χ2n) is 4.35. The second-order valence-corrected chi connectivity index (χ2v) is 6.84. The molecule has 0 unspecified atom stereocenters. The predicted octanol–water partition coefficient (Wildman–Crippen LogP) is 3.74. The van der Waals surface area contributed by atoms with Crippen LogP contribution in [0, 0.1) is 0 Å². The van der Waals surface area contributed by atoms with Gasteiger partial charge in [-0.25, -0.2) is 0 Å². The van der Waals surface area contributed by atoms with Crippen molar-refractivity contribution in [3.8, 4) is 0 Å². The summed E-state index contributed by atoms with van der Waals surface area (Å²) < 4.78 is 0.922. The normalized spacial score (nSPS) is 19.0. The van der Waals surface area contributed by atoms with Crippen LogP contribution >= 0.6 is 39.3 Å². The smallest absolute Gasteiger partial charge is 0.0568 e. The van der Waals surface area contributed by atoms with Gasteiger partial charge < -0.3 is 11.1 Å². The van der Waals surface area contributed by atoms with E-state index in [2.05, 4.69) is 21.2 Å². The van der Waals surface area contributed by atoms with E-state index in [0.717, 1.165) is 28.0 Å². The van der Waals surface area contributed by atoms with Crippen molar-refractivity contribution in [3.63, 3.8) is 0 Å². The van der Waals surface area contributed by atoms with Gasteiger partial charge in [0.15, 0.2) is 0 Å². The number of rotatable bonds is 3. The molecule has 2 rings (SSSR count). The number of nitrogens with one attached hydrogen (secondary N) is 1. The molecule has 0 aromatic heterocycles. The Hall–Kier alpha value is 0.1000. The van der Waals surface area contributed by atoms with Gasteiger partial charge in [0.1, 0.15) is 0 Å². The third-order valence-corrected chi connectivity index (χ3v) is 5.39. The number of anilines is 1. The van der Waals surface area contributed by atoms with Crippen LogP contribution in [0.1, 0.15) is 12.8 Å². The fourth-order valence-corrected chi connectivity index (χ4v) is 3.72. The lowest BCUT2D eigenvalue weighted by molar-refractivity contribution is 0.443. The molecule has 0 saturated carbocycles. The Morgan fingerprint density at radius 1 is 1.41 bits per heavy atom. The molecule has 17 heavy (non-hydrogen) atoms. The number of hydrogen-bond donors (Lipinski definition) is 2. The van der Waals surface area contributed by atoms with Crippen molar-refractivity contribution in [1.82, 2.24) is 0 Å². The average Bonchev–Trinajstić information content (AvgIpc) is 2.35. The molecule has 0 spiro atoms. The first-order valence-electron chi connectivity index (χ1n) is 5.66. The largest absolute Gasteiger partial charge is 0.378 e. The van der Waals surface area contributed by atoms with Crippen molar-refractivity contribution in [1.29, 1.82) is 0 Å². The van der Waals surface area contributed by atoms with Crippen LogP contribution in [0.3, 0.4) is 0 Å². The van der Waals surface area contributed by atoms with E-state index in [1.807, 2.05) is 30.0 Å². The molecule has 1 heterocycles. The molecular formula is C12H16BrClN2S. The van der Waals surface area contributed by atoms with Gasteiger partial charge in [0, 0.05) is 16.7 Å². The molecule has 3 N–H and O–H groups in total. The van der Waals surface area contributed by atoms with E-state index in [1.165, 1.54) is 11.5 Å². The molecule has 94 valence electrons. The molecular weight excluding hydrogens is 320 g/mol. The first kappa shape index (κ1) is 13.5. The second kappa shape index (κ2) is 5.83. The molecule has 2 nitrogen and oxygen atoms in total. The van der Waals surface area contributed by atoms with Gasteiger partial charge in [-0.3, -0.25) is 0 Å². The number of hydrogen-bond acceptors (Lipinski definition) is 3. The van der Waals surface area contributed by atoms with Crippen molar-refractivity contribution in [2.24, 2.45) is 5.73 Å². The molecule has 1 aromatic carbocycles. The maximum Gasteiger partial charge on any atom is 0.0568 e. The Balaban J connectivity index is 2.14. The third-order valence-electron chi connectivity index (χ3n) is 3.17. The van der Waals surface area contributed by atoms with E-state index < -0.39 is 0 Å². The molecule has 0 aliphatic carbocycles. The Kier molecular flexibility index (Phi) is 4.64. The zero-order valence-electron chi connectivity index (χ0n) is 9.51. The molecule has 0 atom stereocenters. The van der Waals surface area contributed by atoms with Crippen LogP contribution in [0.5, 0.6) is 0 Å². The maximum absolute atomic E-state index is 6.10. The molecule has 1 aromatic rings. The van der Waals surface area contributed by atoms with Crippen LogP contribution < -0.4 is 11.1 Å². The van der Waals surface area contributed by atoms with E-state index in [-0.39, 0.29) is 5.54 Å². The quantitative estimate of drug-likeness (QED) is 0.883. The summed E-state index contributed by atoms with van der Waals surface area (Å²) in [6.07, 6.45) is 2.23. The number of nitrogens with two attached hydrogens (primary N) is 1. The predicted molar refractivity (Wildman–Crippen MR) is 81.1 cm³/mol. The zero-order valence-corrected chi connectivity index (χ0v) is 12.7. The highest BCUT2D eigenvalue weighted by molar-refractivity contribution is 9.10. The van der Waals surface area contributed by atoms with Crippen molar-refractivity contribution >= 4 is 45.0 Å². The molecule has 1 aliphatic heterocycles. The van der Waals surface area contributed by atoms with Crippen molar-refractivity contribution in [2.45, 2.75) is 18.4 Å². The Bertz CT molecular complexity index is 394. The summed E-state index contributed by atoms with van der Waals surface area (Å²) in [6, 6.07) is 5.95. The van der Waals surface area contributed by atoms with Crippen molar-refractivity contribution < 1.29 is 0 Å². The first-order valence-corrected chi connectivity index (χ1v) is 7.99. The van der Waals surface area contributed by atoms with E-state index in [9.17, 15) is 0 Å². The first-order chi connectivity index (χ1) is 8.15. The van der Waals surface area contributed by atoms with Gasteiger partial charge in [-0.1, -0.05) is 11.6 Å². The summed E-state index contributed by atoms with van der Waals surface area (Å²) in [5.41, 5.74) is 7.04. The van der Waals surface area contributed by atoms with Crippen LogP contribution in [-0.4, -0.2) is 23.6 Å². The standard InChI is InChI=1S/C12H16BrClN2S/c13-10-2-1-9(7-11(10)14)16-12(8-15)3-5-17-6-4-12/h1-2,7,16H,3-6,8,15H2. The van der Waals surface area contributed by atoms with Crippen LogP contribution in [0.25, 0.3) is 0 Å². The molecule has 1 fully saturated rings. The summed E-state index contributed by atoms with van der Waals surface area (Å²) in [5, 5.41) is 4.30. The van der Waals surface area contributed by atoms with Gasteiger partial charge in [0.05, 0.1) is 10.6 Å². The van der Waals surface area contributed by atoms with Crippen LogP contribution in [0.4, 0.5) is 5.69 Å². The number of halogens is 2. The number of benzene rings is 1. The molecule has 1 saturated heterocycles. The van der Waals surface area contributed by atoms with Gasteiger partial charge in [-0.2, -0.15) is 11.8 Å². The third kappa shape index (κ3) is 3.31. The number of thioether (sulfide) groups is 1. The topological polar surface area (TPSA) is 38.0 Å². The Morgan fingerprint density at radius 2 is 2.12 bits per heavy atom. The highest BCUT2D eigenvalue weighted by Crippen LogP contribution is 2.32. The Labute approximate surface area is 120 Å². The molecule has 0 bridgehead atoms. The maximum atomic E-state index is 6.10. The summed E-state index contributed by atoms with van der Waals surface area (Å²) in [4.78, 5) is 0. The van der Waals surface area contributed by atoms with E-state index in [4.69, 9.17) is 17.3 Å². The SMILES string of the molecule is NCC1(Nc2ccc(Br)c(Cl)c2)CCSCC1. The lowest BCUT2D eigenvalue weighted by Gasteiger charge is -2.37. The zero-order chi connectivity index (χ0) is 12.3. The van der Waals surface area contributed by atoms with Gasteiger partial charge in [-0.15, -0.1) is 0 Å². The highest BCUT2D eigenvalue weighted by atomic mass is 79.9. The van der Waals surface area contributed by atoms with Crippen LogP contribution in [0.2, 0.25) is 5.02 Å². The highest BCUT2D eigenvalue weighted by Gasteiger charge is 2.30. The van der Waals surface area contributed by atoms with E-state index >= 15 is 0 Å². The van der Waals surface area contributed by atoms with E-state index in [1.54, 1.807) is 0 Å². The average molecular weight is 336 g/mol.